The molecule has 1 aromatic rings. The monoisotopic (exact) mass is 283 g/mol. The third-order valence-electron chi connectivity index (χ3n) is 2.73. The summed E-state index contributed by atoms with van der Waals surface area (Å²) < 4.78 is 26.3. The lowest BCUT2D eigenvalue weighted by Crippen LogP contribution is -2.52. The van der Waals surface area contributed by atoms with E-state index >= 15 is 0 Å². The van der Waals surface area contributed by atoms with Gasteiger partial charge in [-0.3, -0.25) is 14.9 Å². The Labute approximate surface area is 110 Å². The number of nitrogens with one attached hydrogen (secondary N) is 2. The van der Waals surface area contributed by atoms with E-state index in [1.807, 2.05) is 0 Å². The van der Waals surface area contributed by atoms with Crippen LogP contribution in [0.2, 0.25) is 0 Å². The van der Waals surface area contributed by atoms with Crippen molar-refractivity contribution in [2.75, 3.05) is 5.73 Å². The zero-order valence-corrected chi connectivity index (χ0v) is 10.7. The summed E-state index contributed by atoms with van der Waals surface area (Å²) in [7, 11) is -3.80. The van der Waals surface area contributed by atoms with Crippen molar-refractivity contribution >= 4 is 27.5 Å². The summed E-state index contributed by atoms with van der Waals surface area (Å²) >= 11 is 0. The molecule has 0 aliphatic carbocycles. The van der Waals surface area contributed by atoms with Crippen molar-refractivity contribution in [1.82, 2.24) is 10.0 Å². The predicted molar refractivity (Wildman–Crippen MR) is 67.3 cm³/mol. The predicted octanol–water partition coefficient (Wildman–Crippen LogP) is -0.648. The normalized spacial score (nSPS) is 20.1. The number of imide groups is 1. The fourth-order valence-corrected chi connectivity index (χ4v) is 2.94. The van der Waals surface area contributed by atoms with Gasteiger partial charge < -0.3 is 5.73 Å². The van der Waals surface area contributed by atoms with Crippen molar-refractivity contribution < 1.29 is 18.0 Å². The number of piperidine rings is 1. The molecule has 19 heavy (non-hydrogen) atoms. The average Bonchev–Trinajstić information content (AvgIpc) is 2.33. The Kier molecular flexibility index (Phi) is 3.54. The number of nitrogen functional groups attached to an aromatic ring is 1. The van der Waals surface area contributed by atoms with Gasteiger partial charge in [-0.15, -0.1) is 0 Å². The summed E-state index contributed by atoms with van der Waals surface area (Å²) in [5, 5.41) is 2.09. The summed E-state index contributed by atoms with van der Waals surface area (Å²) in [6, 6.07) is 4.69. The summed E-state index contributed by atoms with van der Waals surface area (Å²) in [5.74, 6) is -1.02. The first kappa shape index (κ1) is 13.5. The second-order valence-electron chi connectivity index (χ2n) is 4.19. The molecule has 0 spiro atoms. The molecule has 1 aliphatic rings. The third-order valence-corrected chi connectivity index (χ3v) is 4.21. The minimum Gasteiger partial charge on any atom is -0.399 e. The Hall–Kier alpha value is -1.93. The number of carbonyl (C=O) groups excluding carboxylic acids is 2. The van der Waals surface area contributed by atoms with E-state index in [0.29, 0.717) is 5.69 Å². The Morgan fingerprint density at radius 2 is 1.84 bits per heavy atom. The molecular weight excluding hydrogens is 270 g/mol. The van der Waals surface area contributed by atoms with Crippen molar-refractivity contribution in [3.05, 3.63) is 24.3 Å². The molecule has 0 saturated carbocycles. The van der Waals surface area contributed by atoms with Gasteiger partial charge in [-0.1, -0.05) is 0 Å². The van der Waals surface area contributed by atoms with Crippen LogP contribution < -0.4 is 15.8 Å². The van der Waals surface area contributed by atoms with Crippen molar-refractivity contribution in [1.29, 1.82) is 0 Å². The Morgan fingerprint density at radius 3 is 2.42 bits per heavy atom. The van der Waals surface area contributed by atoms with Crippen LogP contribution in [0.1, 0.15) is 12.8 Å². The molecule has 102 valence electrons. The average molecular weight is 283 g/mol. The van der Waals surface area contributed by atoms with E-state index in [-0.39, 0.29) is 17.7 Å². The number of nitrogens with two attached hydrogens (primary N) is 1. The van der Waals surface area contributed by atoms with E-state index in [0.717, 1.165) is 0 Å². The van der Waals surface area contributed by atoms with E-state index < -0.39 is 27.9 Å². The van der Waals surface area contributed by atoms with Gasteiger partial charge in [-0.25, -0.2) is 8.42 Å². The highest BCUT2D eigenvalue weighted by atomic mass is 32.2. The molecule has 1 saturated heterocycles. The van der Waals surface area contributed by atoms with E-state index in [9.17, 15) is 18.0 Å². The topological polar surface area (TPSA) is 118 Å². The van der Waals surface area contributed by atoms with E-state index in [2.05, 4.69) is 10.0 Å². The van der Waals surface area contributed by atoms with Crippen molar-refractivity contribution in [2.24, 2.45) is 0 Å². The lowest BCUT2D eigenvalue weighted by molar-refractivity contribution is -0.134. The van der Waals surface area contributed by atoms with Gasteiger partial charge in [-0.2, -0.15) is 4.72 Å². The van der Waals surface area contributed by atoms with E-state index in [1.54, 1.807) is 0 Å². The van der Waals surface area contributed by atoms with Gasteiger partial charge in [0, 0.05) is 12.1 Å². The fraction of sp³-hybridized carbons (Fsp3) is 0.273. The van der Waals surface area contributed by atoms with Gasteiger partial charge in [0.25, 0.3) is 0 Å². The lowest BCUT2D eigenvalue weighted by atomic mass is 10.1. The maximum absolute atomic E-state index is 12.0. The second kappa shape index (κ2) is 4.98. The molecule has 1 fully saturated rings. The Balaban J connectivity index is 2.15. The number of hydrogen-bond donors (Lipinski definition) is 3. The molecule has 1 heterocycles. The number of rotatable bonds is 3. The van der Waals surface area contributed by atoms with Crippen LogP contribution in [0.3, 0.4) is 0 Å². The van der Waals surface area contributed by atoms with Crippen LogP contribution in [0.5, 0.6) is 0 Å². The van der Waals surface area contributed by atoms with Crippen molar-refractivity contribution in [3.63, 3.8) is 0 Å². The molecule has 2 amide bonds. The first-order chi connectivity index (χ1) is 8.88. The zero-order valence-electron chi connectivity index (χ0n) is 9.92. The van der Waals surface area contributed by atoms with Gasteiger partial charge in [0.1, 0.15) is 6.04 Å². The summed E-state index contributed by atoms with van der Waals surface area (Å²) in [4.78, 5) is 22.5. The molecule has 1 unspecified atom stereocenters. The SMILES string of the molecule is Nc1ccc(S(=O)(=O)NC2CCC(=O)NC2=O)cc1. The lowest BCUT2D eigenvalue weighted by Gasteiger charge is -2.21. The van der Waals surface area contributed by atoms with Crippen LogP contribution in [0.4, 0.5) is 5.69 Å². The van der Waals surface area contributed by atoms with Gasteiger partial charge >= 0.3 is 0 Å². The molecule has 1 aromatic carbocycles. The molecule has 1 atom stereocenters. The van der Waals surface area contributed by atoms with Crippen LogP contribution in [0, 0.1) is 0 Å². The summed E-state index contributed by atoms with van der Waals surface area (Å²) in [6.07, 6.45) is 0.263. The van der Waals surface area contributed by atoms with Crippen LogP contribution >= 0.6 is 0 Å². The number of carbonyl (C=O) groups is 2. The molecule has 8 heteroatoms. The number of anilines is 1. The van der Waals surface area contributed by atoms with Crippen LogP contribution in [0.25, 0.3) is 0 Å². The summed E-state index contributed by atoms with van der Waals surface area (Å²) in [5.41, 5.74) is 5.92. The van der Waals surface area contributed by atoms with Gasteiger partial charge in [0.2, 0.25) is 21.8 Å². The van der Waals surface area contributed by atoms with Gasteiger partial charge in [-0.05, 0) is 30.7 Å². The van der Waals surface area contributed by atoms with Crippen LogP contribution in [0.15, 0.2) is 29.2 Å². The first-order valence-electron chi connectivity index (χ1n) is 5.60. The molecule has 0 radical (unpaired) electrons. The smallest absolute Gasteiger partial charge is 0.244 e. The van der Waals surface area contributed by atoms with Crippen molar-refractivity contribution in [3.8, 4) is 0 Å². The standard InChI is InChI=1S/C11H13N3O4S/c12-7-1-3-8(4-2-7)19(17,18)14-9-5-6-10(15)13-11(9)16/h1-4,9,14H,5-6,12H2,(H,13,15,16). The van der Waals surface area contributed by atoms with Gasteiger partial charge in [0.05, 0.1) is 4.90 Å². The Morgan fingerprint density at radius 1 is 1.21 bits per heavy atom. The highest BCUT2D eigenvalue weighted by Crippen LogP contribution is 2.14. The van der Waals surface area contributed by atoms with Crippen LogP contribution in [-0.4, -0.2) is 26.3 Å². The summed E-state index contributed by atoms with van der Waals surface area (Å²) in [6.45, 7) is 0. The van der Waals surface area contributed by atoms with Crippen LogP contribution in [-0.2, 0) is 19.6 Å². The van der Waals surface area contributed by atoms with Crippen molar-refractivity contribution in [2.45, 2.75) is 23.8 Å². The van der Waals surface area contributed by atoms with E-state index in [1.165, 1.54) is 24.3 Å². The second-order valence-corrected chi connectivity index (χ2v) is 5.91. The molecule has 1 aliphatic heterocycles. The maximum atomic E-state index is 12.0. The fourth-order valence-electron chi connectivity index (χ4n) is 1.71. The highest BCUT2D eigenvalue weighted by molar-refractivity contribution is 7.89. The zero-order chi connectivity index (χ0) is 14.0. The minimum atomic E-state index is -3.80. The molecule has 0 bridgehead atoms. The first-order valence-corrected chi connectivity index (χ1v) is 7.08. The number of hydrogen-bond acceptors (Lipinski definition) is 5. The third kappa shape index (κ3) is 3.09. The minimum absolute atomic E-state index is 0.0198. The number of benzene rings is 1. The number of amides is 2. The Bertz CT molecular complexity index is 609. The largest absolute Gasteiger partial charge is 0.399 e. The maximum Gasteiger partial charge on any atom is 0.244 e. The molecule has 2 rings (SSSR count). The quantitative estimate of drug-likeness (QED) is 0.503. The van der Waals surface area contributed by atoms with Gasteiger partial charge in [0.15, 0.2) is 0 Å². The molecule has 4 N–H and O–H groups in total. The van der Waals surface area contributed by atoms with E-state index in [4.69, 9.17) is 5.73 Å². The molecule has 7 nitrogen and oxygen atoms in total. The highest BCUT2D eigenvalue weighted by Gasteiger charge is 2.30. The number of sulfonamides is 1. The molecular formula is C11H13N3O4S. The molecule has 0 aromatic heterocycles.